The Hall–Kier alpha value is -1.87. The van der Waals surface area contributed by atoms with Gasteiger partial charge in [0.15, 0.2) is 0 Å². The first-order valence-electron chi connectivity index (χ1n) is 16.4. The lowest BCUT2D eigenvalue weighted by Crippen LogP contribution is -2.65. The summed E-state index contributed by atoms with van der Waals surface area (Å²) in [5.41, 5.74) is 5.73. The average molecular weight is 559 g/mol. The molecule has 5 aliphatic rings. The van der Waals surface area contributed by atoms with Crippen molar-refractivity contribution in [1.82, 2.24) is 0 Å². The van der Waals surface area contributed by atoms with Crippen LogP contribution in [0.5, 0.6) is 0 Å². The van der Waals surface area contributed by atoms with Crippen LogP contribution in [0.3, 0.4) is 0 Å². The van der Waals surface area contributed by atoms with Crippen LogP contribution in [0.15, 0.2) is 42.5 Å². The van der Waals surface area contributed by atoms with E-state index < -0.39 is 0 Å². The quantitative estimate of drug-likeness (QED) is 0.296. The fourth-order valence-electron chi connectivity index (χ4n) is 12.6. The fraction of sp³-hybridized carbons (Fsp3) is 0.711. The number of fused-ring (bicyclic) bond motifs is 7. The first-order valence-corrected chi connectivity index (χ1v) is 16.4. The Morgan fingerprint density at radius 1 is 0.927 bits per heavy atom. The summed E-state index contributed by atoms with van der Waals surface area (Å²) in [6.45, 7) is 20.1. The largest absolute Gasteiger partial charge is 0.465 e. The third-order valence-electron chi connectivity index (χ3n) is 14.7. The van der Waals surface area contributed by atoms with Crippen molar-refractivity contribution < 1.29 is 14.6 Å². The SMILES string of the molecule is C=C(C)C1CCC2(CO)CCC3(C)C(CCC4C5(C)CC=C(c6ccc(C(=O)OC)cc6)C(C)(C)C5CCC43C)C12. The maximum absolute atomic E-state index is 12.0. The maximum Gasteiger partial charge on any atom is 0.337 e. The first-order chi connectivity index (χ1) is 19.3. The molecule has 0 spiro atoms. The summed E-state index contributed by atoms with van der Waals surface area (Å²) in [4.78, 5) is 12.0. The molecule has 9 unspecified atom stereocenters. The molecular formula is C38H54O3. The molecule has 6 rings (SSSR count). The third kappa shape index (κ3) is 3.82. The summed E-state index contributed by atoms with van der Waals surface area (Å²) in [5.74, 6) is 2.91. The van der Waals surface area contributed by atoms with Crippen molar-refractivity contribution in [3.8, 4) is 0 Å². The minimum Gasteiger partial charge on any atom is -0.465 e. The van der Waals surface area contributed by atoms with Gasteiger partial charge in [-0.3, -0.25) is 0 Å². The van der Waals surface area contributed by atoms with Gasteiger partial charge in [0, 0.05) is 6.61 Å². The Kier molecular flexibility index (Phi) is 6.82. The van der Waals surface area contributed by atoms with Gasteiger partial charge in [-0.25, -0.2) is 4.79 Å². The zero-order valence-corrected chi connectivity index (χ0v) is 26.8. The van der Waals surface area contributed by atoms with Crippen LogP contribution in [0.1, 0.15) is 115 Å². The molecule has 0 saturated heterocycles. The molecule has 4 fully saturated rings. The number of aliphatic hydroxyl groups excluding tert-OH is 1. The van der Waals surface area contributed by atoms with Crippen LogP contribution in [-0.2, 0) is 4.74 Å². The molecule has 3 nitrogen and oxygen atoms in total. The summed E-state index contributed by atoms with van der Waals surface area (Å²) in [6.07, 6.45) is 13.8. The maximum atomic E-state index is 12.0. The molecule has 5 aliphatic carbocycles. The monoisotopic (exact) mass is 558 g/mol. The van der Waals surface area contributed by atoms with Crippen LogP contribution in [0.4, 0.5) is 0 Å². The molecule has 3 heteroatoms. The van der Waals surface area contributed by atoms with Crippen molar-refractivity contribution in [2.24, 2.45) is 56.7 Å². The predicted molar refractivity (Wildman–Crippen MR) is 167 cm³/mol. The average Bonchev–Trinajstić information content (AvgIpc) is 3.33. The third-order valence-corrected chi connectivity index (χ3v) is 14.7. The van der Waals surface area contributed by atoms with Gasteiger partial charge in [-0.15, -0.1) is 0 Å². The Morgan fingerprint density at radius 3 is 2.27 bits per heavy atom. The number of esters is 1. The minimum absolute atomic E-state index is 0.0635. The standard InChI is InChI=1S/C38H54O3/c1-24(2)27-15-20-38(23-39)22-21-36(6)29(32(27)38)13-14-31-35(5)18-16-28(25-9-11-26(12-10-25)33(40)41-8)34(3,4)30(35)17-19-37(31,36)7/h9-12,16,27,29-32,39H,1,13-15,17-23H2,2-8H3. The first kappa shape index (κ1) is 29.2. The number of rotatable bonds is 4. The molecule has 224 valence electrons. The molecule has 0 radical (unpaired) electrons. The molecule has 0 bridgehead atoms. The highest BCUT2D eigenvalue weighted by Crippen LogP contribution is 2.77. The molecule has 0 aliphatic heterocycles. The van der Waals surface area contributed by atoms with Gasteiger partial charge in [-0.1, -0.05) is 65.0 Å². The van der Waals surface area contributed by atoms with Crippen LogP contribution in [0.25, 0.3) is 5.57 Å². The molecule has 0 aromatic heterocycles. The Bertz CT molecular complexity index is 1260. The zero-order valence-electron chi connectivity index (χ0n) is 26.8. The van der Waals surface area contributed by atoms with Gasteiger partial charge in [0.25, 0.3) is 0 Å². The Labute approximate surface area is 249 Å². The zero-order chi connectivity index (χ0) is 29.6. The van der Waals surface area contributed by atoms with Gasteiger partial charge in [0.05, 0.1) is 12.7 Å². The van der Waals surface area contributed by atoms with E-state index in [1.54, 1.807) is 0 Å². The van der Waals surface area contributed by atoms with E-state index in [-0.39, 0.29) is 22.2 Å². The molecule has 0 amide bonds. The molecule has 9 atom stereocenters. The second-order valence-electron chi connectivity index (χ2n) is 16.3. The number of ether oxygens (including phenoxy) is 1. The summed E-state index contributed by atoms with van der Waals surface area (Å²) in [5, 5.41) is 10.8. The number of allylic oxidation sites excluding steroid dienone is 3. The van der Waals surface area contributed by atoms with Crippen molar-refractivity contribution in [3.63, 3.8) is 0 Å². The van der Waals surface area contributed by atoms with Crippen molar-refractivity contribution >= 4 is 11.5 Å². The topological polar surface area (TPSA) is 46.5 Å². The van der Waals surface area contributed by atoms with Crippen LogP contribution >= 0.6 is 0 Å². The van der Waals surface area contributed by atoms with Crippen LogP contribution < -0.4 is 0 Å². The van der Waals surface area contributed by atoms with Crippen molar-refractivity contribution in [2.75, 3.05) is 13.7 Å². The molecule has 1 N–H and O–H groups in total. The smallest absolute Gasteiger partial charge is 0.337 e. The molecule has 41 heavy (non-hydrogen) atoms. The van der Waals surface area contributed by atoms with E-state index in [9.17, 15) is 9.90 Å². The highest BCUT2D eigenvalue weighted by Gasteiger charge is 2.70. The van der Waals surface area contributed by atoms with Crippen LogP contribution in [0, 0.1) is 56.7 Å². The second kappa shape index (κ2) is 9.57. The molecule has 1 aromatic rings. The van der Waals surface area contributed by atoms with Gasteiger partial charge in [-0.2, -0.15) is 0 Å². The summed E-state index contributed by atoms with van der Waals surface area (Å²) >= 11 is 0. The second-order valence-corrected chi connectivity index (χ2v) is 16.3. The van der Waals surface area contributed by atoms with E-state index in [0.717, 1.165) is 6.42 Å². The number of carbonyl (C=O) groups is 1. The molecule has 1 aromatic carbocycles. The number of carbonyl (C=O) groups excluding carboxylic acids is 1. The van der Waals surface area contributed by atoms with Crippen LogP contribution in [0.2, 0.25) is 0 Å². The van der Waals surface area contributed by atoms with Gasteiger partial charge in [-0.05, 0) is 145 Å². The lowest BCUT2D eigenvalue weighted by Gasteiger charge is -2.72. The van der Waals surface area contributed by atoms with E-state index >= 15 is 0 Å². The summed E-state index contributed by atoms with van der Waals surface area (Å²) in [6, 6.07) is 8.08. The van der Waals surface area contributed by atoms with Crippen molar-refractivity contribution in [3.05, 3.63) is 53.6 Å². The highest BCUT2D eigenvalue weighted by atomic mass is 16.5. The van der Waals surface area contributed by atoms with Gasteiger partial charge in [0.2, 0.25) is 0 Å². The summed E-state index contributed by atoms with van der Waals surface area (Å²) in [7, 11) is 1.44. The Morgan fingerprint density at radius 2 is 1.63 bits per heavy atom. The van der Waals surface area contributed by atoms with E-state index in [0.29, 0.717) is 52.6 Å². The number of hydrogen-bond donors (Lipinski definition) is 1. The normalized spacial score (nSPS) is 44.5. The van der Waals surface area contributed by atoms with E-state index in [1.165, 1.54) is 75.2 Å². The lowest BCUT2D eigenvalue weighted by atomic mass is 9.32. The minimum atomic E-state index is -0.275. The van der Waals surface area contributed by atoms with Crippen molar-refractivity contribution in [2.45, 2.75) is 99.3 Å². The predicted octanol–water partition coefficient (Wildman–Crippen LogP) is 9.12. The van der Waals surface area contributed by atoms with Gasteiger partial charge >= 0.3 is 5.97 Å². The van der Waals surface area contributed by atoms with E-state index in [2.05, 4.69) is 66.3 Å². The highest BCUT2D eigenvalue weighted by molar-refractivity contribution is 5.89. The van der Waals surface area contributed by atoms with Gasteiger partial charge < -0.3 is 9.84 Å². The Balaban J connectivity index is 1.35. The summed E-state index contributed by atoms with van der Waals surface area (Å²) < 4.78 is 4.93. The van der Waals surface area contributed by atoms with Crippen molar-refractivity contribution in [1.29, 1.82) is 0 Å². The molecular weight excluding hydrogens is 504 g/mol. The van der Waals surface area contributed by atoms with E-state index in [1.807, 2.05) is 12.1 Å². The van der Waals surface area contributed by atoms with Crippen LogP contribution in [-0.4, -0.2) is 24.8 Å². The number of methoxy groups -OCH3 is 1. The number of benzene rings is 1. The number of aliphatic hydroxyl groups is 1. The van der Waals surface area contributed by atoms with E-state index in [4.69, 9.17) is 4.74 Å². The number of hydrogen-bond acceptors (Lipinski definition) is 3. The molecule has 4 saturated carbocycles. The lowest BCUT2D eigenvalue weighted by molar-refractivity contribution is -0.228. The molecule has 0 heterocycles. The fourth-order valence-corrected chi connectivity index (χ4v) is 12.6. The van der Waals surface area contributed by atoms with Gasteiger partial charge in [0.1, 0.15) is 0 Å².